The Bertz CT molecular complexity index is 182. The summed E-state index contributed by atoms with van der Waals surface area (Å²) in [4.78, 5) is 172. The van der Waals surface area contributed by atoms with E-state index in [9.17, 15) is 0 Å². The van der Waals surface area contributed by atoms with Gasteiger partial charge in [0.25, 0.3) is 0 Å². The number of hydrogen-bond donors (Lipinski definition) is 0. The summed E-state index contributed by atoms with van der Waals surface area (Å²) in [6, 6.07) is 0. The van der Waals surface area contributed by atoms with E-state index in [0.717, 1.165) is 0 Å². The van der Waals surface area contributed by atoms with E-state index in [2.05, 4.69) is 0 Å². The van der Waals surface area contributed by atoms with Crippen LogP contribution < -0.4 is 95.9 Å². The molecule has 0 saturated heterocycles. The van der Waals surface area contributed by atoms with Gasteiger partial charge in [-0.15, -0.1) is 0 Å². The molecule has 20 nitrogen and oxygen atoms in total. The van der Waals surface area contributed by atoms with Gasteiger partial charge in [0.05, 0.1) is 0 Å². The molecular formula is O20Si5Ta4. The van der Waals surface area contributed by atoms with Crippen LogP contribution in [0.2, 0.25) is 0 Å². The molecule has 0 amide bonds. The average molecular weight is 1180 g/mol. The molecule has 0 aromatic heterocycles. The molecular weight excluding hydrogens is 1180 g/mol. The van der Waals surface area contributed by atoms with Crippen molar-refractivity contribution >= 4 is 45.2 Å². The largest absolute Gasteiger partial charge is 5.00 e. The van der Waals surface area contributed by atoms with Crippen molar-refractivity contribution in [2.24, 2.45) is 0 Å². The van der Waals surface area contributed by atoms with E-state index in [1.807, 2.05) is 0 Å². The Morgan fingerprint density at radius 2 is 0.172 bits per heavy atom. The minimum Gasteiger partial charge on any atom is -0.894 e. The normalized spacial score (nSPS) is 10.3. The van der Waals surface area contributed by atoms with Crippen LogP contribution in [0.4, 0.5) is 0 Å². The Morgan fingerprint density at radius 1 is 0.172 bits per heavy atom. The van der Waals surface area contributed by atoms with Gasteiger partial charge in [0, 0.05) is 0 Å². The van der Waals surface area contributed by atoms with Crippen LogP contribution in [0.25, 0.3) is 0 Å². The van der Waals surface area contributed by atoms with Gasteiger partial charge in [0.1, 0.15) is 0 Å². The van der Waals surface area contributed by atoms with Gasteiger partial charge in [-0.25, -0.2) is 0 Å². The summed E-state index contributed by atoms with van der Waals surface area (Å²) in [5.74, 6) is 0. The molecule has 0 aliphatic rings. The summed E-state index contributed by atoms with van der Waals surface area (Å²) in [7, 11) is -28.1. The monoisotopic (exact) mass is 1180 g/mol. The van der Waals surface area contributed by atoms with Gasteiger partial charge < -0.3 is 141 Å². The van der Waals surface area contributed by atoms with Crippen LogP contribution in [0.15, 0.2) is 0 Å². The molecule has 29 heavy (non-hydrogen) atoms. The molecule has 0 heterocycles. The van der Waals surface area contributed by atoms with Gasteiger partial charge in [0.2, 0.25) is 0 Å². The zero-order chi connectivity index (χ0) is 22.5. The summed E-state index contributed by atoms with van der Waals surface area (Å²) in [5, 5.41) is 0. The summed E-state index contributed by atoms with van der Waals surface area (Å²) in [5.41, 5.74) is 0. The molecule has 29 heteroatoms. The van der Waals surface area contributed by atoms with Crippen LogP contribution in [0.5, 0.6) is 0 Å². The Hall–Kier alpha value is 3.25. The maximum Gasteiger partial charge on any atom is 5.00 e. The Morgan fingerprint density at radius 3 is 0.172 bits per heavy atom. The SMILES string of the molecule is [O-][Si]([O-])([O-])[O-].[O-][Si]([O-])([O-])[O-].[O-][Si]([O-])([O-])[O-].[O-][Si]([O-])([O-])[O-].[O-][Si]([O-])([O-])[O-].[Ta+5].[Ta+5].[Ta+5].[Ta+5]. The molecule has 0 spiro atoms. The minimum atomic E-state index is -5.61. The van der Waals surface area contributed by atoms with Crippen molar-refractivity contribution in [3.8, 4) is 0 Å². The van der Waals surface area contributed by atoms with E-state index in [1.54, 1.807) is 0 Å². The molecule has 0 aromatic rings. The fraction of sp³-hybridized carbons (Fsp3) is 0. The van der Waals surface area contributed by atoms with E-state index in [1.165, 1.54) is 0 Å². The quantitative estimate of drug-likeness (QED) is 0.203. The van der Waals surface area contributed by atoms with E-state index in [4.69, 9.17) is 95.9 Å². The molecule has 0 unspecified atom stereocenters. The zero-order valence-electron chi connectivity index (χ0n) is 12.5. The molecule has 160 valence electrons. The Kier molecular flexibility index (Phi) is 52.0. The summed E-state index contributed by atoms with van der Waals surface area (Å²) in [6.45, 7) is 0. The van der Waals surface area contributed by atoms with Crippen molar-refractivity contribution in [2.75, 3.05) is 0 Å². The first-order valence-corrected chi connectivity index (χ1v) is 12.2. The maximum absolute atomic E-state index is 8.58. The molecule has 0 aromatic carbocycles. The average Bonchev–Trinajstić information content (AvgIpc) is 1.79. The first-order valence-electron chi connectivity index (χ1n) is 4.08. The molecule has 0 aliphatic carbocycles. The smallest absolute Gasteiger partial charge is 0.894 e. The van der Waals surface area contributed by atoms with E-state index in [-0.39, 0.29) is 89.5 Å². The van der Waals surface area contributed by atoms with E-state index in [0.29, 0.717) is 0 Å². The molecule has 0 bridgehead atoms. The third-order valence-corrected chi connectivity index (χ3v) is 0. The standard InChI is InChI=1S/5O4Si.4Ta/c5*1-5(2,3)4;;;;/q5*-4;4*+5. The molecule has 0 saturated carbocycles. The summed E-state index contributed by atoms with van der Waals surface area (Å²) < 4.78 is 0. The molecule has 0 atom stereocenters. The molecule has 0 N–H and O–H groups in total. The third-order valence-electron chi connectivity index (χ3n) is 0. The van der Waals surface area contributed by atoms with Gasteiger partial charge in [-0.3, -0.25) is 0 Å². The van der Waals surface area contributed by atoms with Gasteiger partial charge in [0.15, 0.2) is 0 Å². The van der Waals surface area contributed by atoms with Gasteiger partial charge >= 0.3 is 89.5 Å². The molecule has 0 rings (SSSR count). The van der Waals surface area contributed by atoms with Crippen molar-refractivity contribution in [1.82, 2.24) is 0 Å². The predicted molar refractivity (Wildman–Crippen MR) is 28.8 cm³/mol. The first-order chi connectivity index (χ1) is 10.0. The fourth-order valence-corrected chi connectivity index (χ4v) is 0. The Labute approximate surface area is 228 Å². The first kappa shape index (κ1) is 58.3. The molecule has 0 radical (unpaired) electrons. The predicted octanol–water partition coefficient (Wildman–Crippen LogP) is -25.7. The maximum atomic E-state index is 8.58. The van der Waals surface area contributed by atoms with Crippen LogP contribution in [0.3, 0.4) is 0 Å². The van der Waals surface area contributed by atoms with Crippen molar-refractivity contribution in [1.29, 1.82) is 0 Å². The molecule has 0 fully saturated rings. The van der Waals surface area contributed by atoms with Crippen LogP contribution >= 0.6 is 0 Å². The number of rotatable bonds is 0. The van der Waals surface area contributed by atoms with Crippen molar-refractivity contribution in [2.45, 2.75) is 0 Å². The second-order valence-corrected chi connectivity index (χ2v) is 7.50. The van der Waals surface area contributed by atoms with Gasteiger partial charge in [-0.1, -0.05) is 0 Å². The van der Waals surface area contributed by atoms with Gasteiger partial charge in [-0.2, -0.15) is 0 Å². The minimum absolute atomic E-state index is 0. The van der Waals surface area contributed by atoms with Crippen LogP contribution in [-0.4, -0.2) is 45.2 Å². The zero-order valence-corrected chi connectivity index (χ0v) is 30.3. The summed E-state index contributed by atoms with van der Waals surface area (Å²) in [6.07, 6.45) is 0. The van der Waals surface area contributed by atoms with Crippen molar-refractivity contribution < 1.29 is 185 Å². The fourth-order valence-electron chi connectivity index (χ4n) is 0. The third kappa shape index (κ3) is 2540. The van der Waals surface area contributed by atoms with Crippen LogP contribution in [-0.2, 0) is 89.5 Å². The van der Waals surface area contributed by atoms with E-state index < -0.39 is 45.2 Å². The van der Waals surface area contributed by atoms with Gasteiger partial charge in [-0.05, 0) is 0 Å². The number of hydrogen-bond acceptors (Lipinski definition) is 20. The van der Waals surface area contributed by atoms with Crippen LogP contribution in [0.1, 0.15) is 0 Å². The topological polar surface area (TPSA) is 461 Å². The molecule has 0 aliphatic heterocycles. The van der Waals surface area contributed by atoms with E-state index >= 15 is 0 Å². The Balaban J connectivity index is -0.0000000238. The summed E-state index contributed by atoms with van der Waals surface area (Å²) >= 11 is 0. The van der Waals surface area contributed by atoms with Crippen LogP contribution in [0, 0.1) is 0 Å². The second-order valence-electron chi connectivity index (χ2n) is 2.50. The van der Waals surface area contributed by atoms with Crippen molar-refractivity contribution in [3.63, 3.8) is 0 Å². The second kappa shape index (κ2) is 25.9. The van der Waals surface area contributed by atoms with Crippen molar-refractivity contribution in [3.05, 3.63) is 0 Å².